The van der Waals surface area contributed by atoms with Crippen molar-refractivity contribution in [3.63, 3.8) is 0 Å². The quantitative estimate of drug-likeness (QED) is 0.498. The number of hydrogen-bond donors (Lipinski definition) is 2. The number of fused-ring (bicyclic) bond motifs is 1. The van der Waals surface area contributed by atoms with Crippen LogP contribution in [0.4, 0.5) is 11.6 Å². The third kappa shape index (κ3) is 4.39. The van der Waals surface area contributed by atoms with Crippen molar-refractivity contribution in [1.29, 1.82) is 0 Å². The molecule has 2 aromatic heterocycles. The second-order valence-corrected chi connectivity index (χ2v) is 7.39. The number of rotatable bonds is 5. The van der Waals surface area contributed by atoms with Gasteiger partial charge in [-0.3, -0.25) is 9.36 Å². The van der Waals surface area contributed by atoms with Crippen LogP contribution in [0.3, 0.4) is 0 Å². The summed E-state index contributed by atoms with van der Waals surface area (Å²) in [6.07, 6.45) is 2.47. The number of anilines is 2. The molecule has 3 N–H and O–H groups in total. The molecule has 9 heteroatoms. The van der Waals surface area contributed by atoms with Crippen molar-refractivity contribution >= 4 is 40.2 Å². The molecule has 0 saturated carbocycles. The molecule has 0 spiro atoms. The maximum atomic E-state index is 12.7. The van der Waals surface area contributed by atoms with Crippen molar-refractivity contribution in [2.75, 3.05) is 11.1 Å². The maximum Gasteiger partial charge on any atom is 0.354 e. The number of carbonyl (C=O) groups excluding carboxylic acids is 1. The lowest BCUT2D eigenvalue weighted by molar-refractivity contribution is -0.116. The Bertz CT molecular complexity index is 1340. The summed E-state index contributed by atoms with van der Waals surface area (Å²) in [7, 11) is 0. The molecule has 0 aliphatic heterocycles. The van der Waals surface area contributed by atoms with Crippen LogP contribution in [-0.2, 0) is 11.2 Å². The fourth-order valence-corrected chi connectivity index (χ4v) is 3.50. The van der Waals surface area contributed by atoms with Gasteiger partial charge in [0, 0.05) is 24.0 Å². The van der Waals surface area contributed by atoms with Gasteiger partial charge in [0.2, 0.25) is 11.9 Å². The first-order valence-corrected chi connectivity index (χ1v) is 9.96. The zero-order chi connectivity index (χ0) is 22.0. The van der Waals surface area contributed by atoms with Gasteiger partial charge >= 0.3 is 5.69 Å². The molecule has 0 saturated heterocycles. The summed E-state index contributed by atoms with van der Waals surface area (Å²) in [5, 5.41) is 3.77. The van der Waals surface area contributed by atoms with E-state index in [1.807, 2.05) is 30.3 Å². The molecule has 2 aromatic carbocycles. The molecule has 4 rings (SSSR count). The Hall–Kier alpha value is -3.78. The number of nitrogens with zero attached hydrogens (tertiary/aromatic N) is 4. The fourth-order valence-electron chi connectivity index (χ4n) is 3.30. The average molecular weight is 435 g/mol. The second kappa shape index (κ2) is 8.53. The molecule has 31 heavy (non-hydrogen) atoms. The van der Waals surface area contributed by atoms with Gasteiger partial charge in [-0.15, -0.1) is 0 Å². The van der Waals surface area contributed by atoms with Gasteiger partial charge in [-0.1, -0.05) is 41.9 Å². The van der Waals surface area contributed by atoms with E-state index >= 15 is 0 Å². The molecule has 4 aromatic rings. The molecule has 2 heterocycles. The van der Waals surface area contributed by atoms with Crippen molar-refractivity contribution in [3.05, 3.63) is 81.5 Å². The highest BCUT2D eigenvalue weighted by Crippen LogP contribution is 2.26. The van der Waals surface area contributed by atoms with Gasteiger partial charge < -0.3 is 11.1 Å². The highest BCUT2D eigenvalue weighted by atomic mass is 35.5. The van der Waals surface area contributed by atoms with Crippen LogP contribution < -0.4 is 16.7 Å². The molecule has 8 nitrogen and oxygen atoms in total. The summed E-state index contributed by atoms with van der Waals surface area (Å²) >= 11 is 6.38. The summed E-state index contributed by atoms with van der Waals surface area (Å²) in [6, 6.07) is 14.7. The Labute approximate surface area is 182 Å². The molecular formula is C22H19ClN6O2. The lowest BCUT2D eigenvalue weighted by Crippen LogP contribution is -2.25. The Balaban J connectivity index is 1.63. The zero-order valence-corrected chi connectivity index (χ0v) is 17.4. The number of aromatic nitrogens is 4. The monoisotopic (exact) mass is 434 g/mol. The number of nitrogens with two attached hydrogens (primary N) is 1. The van der Waals surface area contributed by atoms with Crippen LogP contribution in [-0.4, -0.2) is 25.4 Å². The van der Waals surface area contributed by atoms with E-state index < -0.39 is 5.69 Å². The van der Waals surface area contributed by atoms with Gasteiger partial charge in [0.15, 0.2) is 5.65 Å². The zero-order valence-electron chi connectivity index (χ0n) is 16.7. The van der Waals surface area contributed by atoms with Crippen molar-refractivity contribution in [2.45, 2.75) is 19.8 Å². The van der Waals surface area contributed by atoms with Crippen molar-refractivity contribution in [1.82, 2.24) is 19.5 Å². The predicted molar refractivity (Wildman–Crippen MR) is 120 cm³/mol. The molecular weight excluding hydrogens is 416 g/mol. The van der Waals surface area contributed by atoms with E-state index in [4.69, 9.17) is 17.3 Å². The van der Waals surface area contributed by atoms with E-state index in [-0.39, 0.29) is 17.5 Å². The van der Waals surface area contributed by atoms with Crippen LogP contribution in [0, 0.1) is 6.92 Å². The van der Waals surface area contributed by atoms with Gasteiger partial charge in [-0.05, 0) is 37.1 Å². The minimum absolute atomic E-state index is 0.0368. The lowest BCUT2D eigenvalue weighted by Gasteiger charge is -2.14. The first kappa shape index (κ1) is 20.5. The predicted octanol–water partition coefficient (Wildman–Crippen LogP) is 3.29. The third-order valence-electron chi connectivity index (χ3n) is 4.86. The van der Waals surface area contributed by atoms with E-state index in [9.17, 15) is 9.59 Å². The minimum Gasteiger partial charge on any atom is -0.368 e. The van der Waals surface area contributed by atoms with Gasteiger partial charge in [0.25, 0.3) is 0 Å². The Kier molecular flexibility index (Phi) is 5.64. The van der Waals surface area contributed by atoms with Crippen LogP contribution >= 0.6 is 11.6 Å². The highest BCUT2D eigenvalue weighted by Gasteiger charge is 2.15. The highest BCUT2D eigenvalue weighted by molar-refractivity contribution is 6.32. The lowest BCUT2D eigenvalue weighted by atomic mass is 10.1. The van der Waals surface area contributed by atoms with E-state index in [0.29, 0.717) is 40.3 Å². The Morgan fingerprint density at radius 2 is 1.94 bits per heavy atom. The number of amides is 1. The van der Waals surface area contributed by atoms with Gasteiger partial charge in [-0.2, -0.15) is 9.97 Å². The summed E-state index contributed by atoms with van der Waals surface area (Å²) < 4.78 is 1.36. The topological polar surface area (TPSA) is 116 Å². The average Bonchev–Trinajstić information content (AvgIpc) is 2.75. The number of nitrogen functional groups attached to an aromatic ring is 1. The molecule has 0 aliphatic carbocycles. The Morgan fingerprint density at radius 1 is 1.16 bits per heavy atom. The smallest absolute Gasteiger partial charge is 0.354 e. The van der Waals surface area contributed by atoms with E-state index in [0.717, 1.165) is 5.56 Å². The number of aryl methyl sites for hydroxylation is 2. The normalized spacial score (nSPS) is 10.9. The van der Waals surface area contributed by atoms with Crippen LogP contribution in [0.5, 0.6) is 0 Å². The number of carbonyl (C=O) groups is 1. The van der Waals surface area contributed by atoms with Gasteiger partial charge in [0.05, 0.1) is 16.1 Å². The Morgan fingerprint density at radius 3 is 2.71 bits per heavy atom. The fraction of sp³-hybridized carbons (Fsp3) is 0.136. The van der Waals surface area contributed by atoms with Crippen molar-refractivity contribution in [3.8, 4) is 5.69 Å². The van der Waals surface area contributed by atoms with E-state index in [2.05, 4.69) is 20.3 Å². The standard InChI is InChI=1S/C22H19ClN6O2/c1-13-16-12-25-21(24)27-20(16)28-22(31)29(13)18-11-15(8-9-17(18)23)26-19(30)10-7-14-5-3-2-4-6-14/h2-6,8-9,11-12H,7,10H2,1H3,(H,26,30)(H2,24,27,28,31). The molecule has 0 bridgehead atoms. The molecule has 0 fully saturated rings. The van der Waals surface area contributed by atoms with Gasteiger partial charge in [-0.25, -0.2) is 9.78 Å². The third-order valence-corrected chi connectivity index (χ3v) is 5.18. The number of hydrogen-bond acceptors (Lipinski definition) is 6. The van der Waals surface area contributed by atoms with E-state index in [1.165, 1.54) is 10.8 Å². The number of nitrogens with one attached hydrogen (secondary N) is 1. The molecule has 0 atom stereocenters. The van der Waals surface area contributed by atoms with Crippen LogP contribution in [0.1, 0.15) is 17.7 Å². The molecule has 1 amide bonds. The van der Waals surface area contributed by atoms with Crippen LogP contribution in [0.25, 0.3) is 16.7 Å². The van der Waals surface area contributed by atoms with Crippen molar-refractivity contribution < 1.29 is 4.79 Å². The molecule has 0 unspecified atom stereocenters. The van der Waals surface area contributed by atoms with Gasteiger partial charge in [0.1, 0.15) is 0 Å². The molecule has 156 valence electrons. The summed E-state index contributed by atoms with van der Waals surface area (Å²) in [5.74, 6) is -0.100. The SMILES string of the molecule is Cc1c2cnc(N)nc2nc(=O)n1-c1cc(NC(=O)CCc2ccccc2)ccc1Cl. The molecule has 0 radical (unpaired) electrons. The second-order valence-electron chi connectivity index (χ2n) is 6.98. The summed E-state index contributed by atoms with van der Waals surface area (Å²) in [5.41, 5.74) is 7.82. The first-order chi connectivity index (χ1) is 14.9. The maximum absolute atomic E-state index is 12.7. The summed E-state index contributed by atoms with van der Waals surface area (Å²) in [4.78, 5) is 37.1. The number of halogens is 1. The van der Waals surface area contributed by atoms with Crippen LogP contribution in [0.2, 0.25) is 5.02 Å². The first-order valence-electron chi connectivity index (χ1n) is 9.58. The van der Waals surface area contributed by atoms with Crippen molar-refractivity contribution in [2.24, 2.45) is 0 Å². The minimum atomic E-state index is -0.558. The number of benzene rings is 2. The summed E-state index contributed by atoms with van der Waals surface area (Å²) in [6.45, 7) is 1.74. The van der Waals surface area contributed by atoms with E-state index in [1.54, 1.807) is 25.1 Å². The molecule has 0 aliphatic rings. The van der Waals surface area contributed by atoms with Crippen LogP contribution in [0.15, 0.2) is 59.5 Å². The largest absolute Gasteiger partial charge is 0.368 e.